The summed E-state index contributed by atoms with van der Waals surface area (Å²) in [6.45, 7) is 5.24. The van der Waals surface area contributed by atoms with E-state index in [0.717, 1.165) is 32.5 Å². The zero-order chi connectivity index (χ0) is 15.6. The number of para-hydroxylation sites is 1. The molecule has 1 unspecified atom stereocenters. The molecule has 1 aliphatic carbocycles. The highest BCUT2D eigenvalue weighted by Gasteiger charge is 2.46. The highest BCUT2D eigenvalue weighted by molar-refractivity contribution is 6.32. The van der Waals surface area contributed by atoms with Crippen molar-refractivity contribution >= 4 is 17.5 Å². The van der Waals surface area contributed by atoms with Crippen molar-refractivity contribution in [2.75, 3.05) is 19.6 Å². The maximum absolute atomic E-state index is 12.5. The molecule has 0 aromatic heterocycles. The van der Waals surface area contributed by atoms with Crippen LogP contribution in [0.5, 0.6) is 5.75 Å². The summed E-state index contributed by atoms with van der Waals surface area (Å²) in [4.78, 5) is 14.9. The van der Waals surface area contributed by atoms with E-state index in [0.29, 0.717) is 17.2 Å². The van der Waals surface area contributed by atoms with Gasteiger partial charge >= 0.3 is 0 Å². The van der Waals surface area contributed by atoms with Crippen LogP contribution in [0.15, 0.2) is 24.3 Å². The van der Waals surface area contributed by atoms with Gasteiger partial charge < -0.3 is 15.0 Å². The number of carbonyl (C=O) groups is 1. The molecule has 0 spiro atoms. The number of halogens is 1. The first-order valence-electron chi connectivity index (χ1n) is 8.07. The van der Waals surface area contributed by atoms with Gasteiger partial charge in [0.15, 0.2) is 6.10 Å². The van der Waals surface area contributed by atoms with Gasteiger partial charge in [-0.15, -0.1) is 0 Å². The predicted molar refractivity (Wildman–Crippen MR) is 87.3 cm³/mol. The van der Waals surface area contributed by atoms with E-state index in [2.05, 4.69) is 10.2 Å². The first-order valence-corrected chi connectivity index (χ1v) is 8.45. The topological polar surface area (TPSA) is 41.6 Å². The van der Waals surface area contributed by atoms with Crippen molar-refractivity contribution in [2.45, 2.75) is 44.2 Å². The molecular weight excluding hydrogens is 300 g/mol. The van der Waals surface area contributed by atoms with Crippen molar-refractivity contribution in [2.24, 2.45) is 0 Å². The molecule has 120 valence electrons. The van der Waals surface area contributed by atoms with Gasteiger partial charge in [-0.1, -0.05) is 30.7 Å². The SMILES string of the molecule is CCC(Oc1ccccc1Cl)C(=O)NC1(CN2CCC2)CC1. The van der Waals surface area contributed by atoms with Crippen LogP contribution in [-0.4, -0.2) is 42.1 Å². The van der Waals surface area contributed by atoms with Crippen LogP contribution >= 0.6 is 11.6 Å². The molecule has 22 heavy (non-hydrogen) atoms. The van der Waals surface area contributed by atoms with Crippen LogP contribution in [0, 0.1) is 0 Å². The third-order valence-electron chi connectivity index (χ3n) is 4.49. The third kappa shape index (κ3) is 3.55. The largest absolute Gasteiger partial charge is 0.479 e. The lowest BCUT2D eigenvalue weighted by Crippen LogP contribution is -2.52. The lowest BCUT2D eigenvalue weighted by Gasteiger charge is -2.35. The van der Waals surface area contributed by atoms with Gasteiger partial charge in [0, 0.05) is 6.54 Å². The van der Waals surface area contributed by atoms with Crippen molar-refractivity contribution in [3.05, 3.63) is 29.3 Å². The van der Waals surface area contributed by atoms with Gasteiger partial charge in [-0.05, 0) is 50.9 Å². The second kappa shape index (κ2) is 6.47. The Labute approximate surface area is 136 Å². The summed E-state index contributed by atoms with van der Waals surface area (Å²) in [7, 11) is 0. The summed E-state index contributed by atoms with van der Waals surface area (Å²) >= 11 is 6.11. The van der Waals surface area contributed by atoms with Gasteiger partial charge in [-0.2, -0.15) is 0 Å². The van der Waals surface area contributed by atoms with Crippen molar-refractivity contribution in [3.63, 3.8) is 0 Å². The fourth-order valence-electron chi connectivity index (χ4n) is 2.80. The number of carbonyl (C=O) groups excluding carboxylic acids is 1. The van der Waals surface area contributed by atoms with Gasteiger partial charge in [0.2, 0.25) is 0 Å². The number of likely N-dealkylation sites (tertiary alicyclic amines) is 1. The Morgan fingerprint density at radius 3 is 2.68 bits per heavy atom. The van der Waals surface area contributed by atoms with E-state index in [1.807, 2.05) is 19.1 Å². The molecule has 0 bridgehead atoms. The van der Waals surface area contributed by atoms with E-state index in [1.165, 1.54) is 6.42 Å². The number of nitrogens with zero attached hydrogens (tertiary/aromatic N) is 1. The zero-order valence-corrected chi connectivity index (χ0v) is 13.7. The molecule has 4 nitrogen and oxygen atoms in total. The van der Waals surface area contributed by atoms with Crippen LogP contribution in [0.1, 0.15) is 32.6 Å². The molecule has 0 radical (unpaired) electrons. The van der Waals surface area contributed by atoms with Crippen LogP contribution in [-0.2, 0) is 4.79 Å². The summed E-state index contributed by atoms with van der Waals surface area (Å²) < 4.78 is 5.82. The molecule has 1 atom stereocenters. The normalized spacial score (nSPS) is 20.8. The first kappa shape index (κ1) is 15.6. The van der Waals surface area contributed by atoms with Gasteiger partial charge in [0.25, 0.3) is 5.91 Å². The number of benzene rings is 1. The molecule has 1 saturated heterocycles. The Hall–Kier alpha value is -1.26. The number of amides is 1. The van der Waals surface area contributed by atoms with Crippen LogP contribution in [0.3, 0.4) is 0 Å². The monoisotopic (exact) mass is 322 g/mol. The van der Waals surface area contributed by atoms with E-state index in [4.69, 9.17) is 16.3 Å². The van der Waals surface area contributed by atoms with E-state index in [9.17, 15) is 4.79 Å². The molecule has 1 aliphatic heterocycles. The lowest BCUT2D eigenvalue weighted by molar-refractivity contribution is -0.129. The van der Waals surface area contributed by atoms with E-state index in [1.54, 1.807) is 12.1 Å². The number of hydrogen-bond acceptors (Lipinski definition) is 3. The molecule has 1 N–H and O–H groups in total. The fraction of sp³-hybridized carbons (Fsp3) is 0.588. The summed E-state index contributed by atoms with van der Waals surface area (Å²) in [5.74, 6) is 0.541. The average molecular weight is 323 g/mol. The Bertz CT molecular complexity index is 541. The van der Waals surface area contributed by atoms with Crippen molar-refractivity contribution in [1.29, 1.82) is 0 Å². The molecule has 1 aromatic carbocycles. The van der Waals surface area contributed by atoms with Crippen molar-refractivity contribution in [1.82, 2.24) is 10.2 Å². The zero-order valence-electron chi connectivity index (χ0n) is 13.0. The standard InChI is InChI=1S/C17H23ClN2O2/c1-2-14(22-15-7-4-3-6-13(15)18)16(21)19-17(8-9-17)12-20-10-5-11-20/h3-4,6-7,14H,2,5,8-12H2,1H3,(H,19,21). The number of rotatable bonds is 7. The molecule has 5 heteroatoms. The summed E-state index contributed by atoms with van der Waals surface area (Å²) in [5, 5.41) is 3.75. The average Bonchev–Trinajstić information content (AvgIpc) is 3.22. The summed E-state index contributed by atoms with van der Waals surface area (Å²) in [6, 6.07) is 7.28. The maximum Gasteiger partial charge on any atom is 0.261 e. The number of ether oxygens (including phenoxy) is 1. The quantitative estimate of drug-likeness (QED) is 0.839. The molecule has 2 aliphatic rings. The van der Waals surface area contributed by atoms with E-state index < -0.39 is 6.10 Å². The summed E-state index contributed by atoms with van der Waals surface area (Å²) in [6.07, 6.45) is 3.54. The number of nitrogens with one attached hydrogen (secondary N) is 1. The minimum Gasteiger partial charge on any atom is -0.479 e. The van der Waals surface area contributed by atoms with Gasteiger partial charge in [-0.25, -0.2) is 0 Å². The Kier molecular flexibility index (Phi) is 4.59. The molecule has 2 fully saturated rings. The smallest absolute Gasteiger partial charge is 0.261 e. The van der Waals surface area contributed by atoms with Crippen LogP contribution in [0.4, 0.5) is 0 Å². The van der Waals surface area contributed by atoms with Gasteiger partial charge in [0.1, 0.15) is 5.75 Å². The first-order chi connectivity index (χ1) is 10.6. The lowest BCUT2D eigenvalue weighted by atomic mass is 10.1. The molecule has 1 heterocycles. The van der Waals surface area contributed by atoms with Crippen molar-refractivity contribution in [3.8, 4) is 5.75 Å². The number of hydrogen-bond donors (Lipinski definition) is 1. The second-order valence-electron chi connectivity index (χ2n) is 6.34. The summed E-state index contributed by atoms with van der Waals surface area (Å²) in [5.41, 5.74) is -0.0191. The van der Waals surface area contributed by atoms with Crippen LogP contribution in [0.25, 0.3) is 0 Å². The Balaban J connectivity index is 1.58. The Morgan fingerprint density at radius 1 is 1.41 bits per heavy atom. The van der Waals surface area contributed by atoms with E-state index in [-0.39, 0.29) is 11.4 Å². The van der Waals surface area contributed by atoms with Crippen LogP contribution in [0.2, 0.25) is 5.02 Å². The fourth-order valence-corrected chi connectivity index (χ4v) is 2.98. The molecule has 1 aromatic rings. The second-order valence-corrected chi connectivity index (χ2v) is 6.75. The van der Waals surface area contributed by atoms with Gasteiger partial charge in [-0.3, -0.25) is 4.79 Å². The minimum atomic E-state index is -0.492. The molecule has 1 saturated carbocycles. The maximum atomic E-state index is 12.5. The highest BCUT2D eigenvalue weighted by Crippen LogP contribution is 2.37. The van der Waals surface area contributed by atoms with E-state index >= 15 is 0 Å². The molecule has 3 rings (SSSR count). The van der Waals surface area contributed by atoms with Crippen LogP contribution < -0.4 is 10.1 Å². The predicted octanol–water partition coefficient (Wildman–Crippen LogP) is 2.85. The van der Waals surface area contributed by atoms with Gasteiger partial charge in [0.05, 0.1) is 10.6 Å². The Morgan fingerprint density at radius 2 is 2.14 bits per heavy atom. The third-order valence-corrected chi connectivity index (χ3v) is 4.80. The molecule has 1 amide bonds. The molecular formula is C17H23ClN2O2. The minimum absolute atomic E-state index is 0.0191. The highest BCUT2D eigenvalue weighted by atomic mass is 35.5. The van der Waals surface area contributed by atoms with Crippen molar-refractivity contribution < 1.29 is 9.53 Å².